The maximum absolute atomic E-state index is 12.7. The number of ether oxygens (including phenoxy) is 4. The number of aromatic nitrogens is 4. The maximum Gasteiger partial charge on any atom is 0.490 e. The van der Waals surface area contributed by atoms with Crippen LogP contribution in [-0.2, 0) is 59.2 Å². The smallest absolute Gasteiger partial charge is 0.387 e. The molecule has 31 heteroatoms. The Morgan fingerprint density at radius 1 is 0.621 bits per heavy atom. The van der Waals surface area contributed by atoms with Crippen LogP contribution in [0.2, 0.25) is 0 Å². The molecule has 316 valence electrons. The number of H-pyrrole nitrogens is 2. The number of aliphatic hydroxyl groups is 2. The SMILES string of the molecule is O=c1ccn([C@@H]2O[C@H](COP(=O)(O)OP(=O)(O)OP(=O)(O)OP(=O)(O)OC[C@H]3O[C@@H](n4ccc(=O)[nH]c4=O)[C@@H]4OC(C#Cc5ccccc5)O[C@@H]43)[C@@H](O)[C@H]2O)c(=O)[nH]1. The molecule has 2 aromatic heterocycles. The third kappa shape index (κ3) is 10.8. The molecule has 5 heterocycles. The molecule has 3 fully saturated rings. The summed E-state index contributed by atoms with van der Waals surface area (Å²) in [6.45, 7) is -2.23. The lowest BCUT2D eigenvalue weighted by atomic mass is 10.1. The van der Waals surface area contributed by atoms with Gasteiger partial charge < -0.3 is 48.7 Å². The number of hydrogen-bond acceptors (Lipinski definition) is 19. The van der Waals surface area contributed by atoms with Gasteiger partial charge in [-0.3, -0.25) is 37.7 Å². The molecule has 0 amide bonds. The highest BCUT2D eigenvalue weighted by molar-refractivity contribution is 7.69. The van der Waals surface area contributed by atoms with Gasteiger partial charge in [-0.05, 0) is 18.1 Å². The van der Waals surface area contributed by atoms with E-state index in [0.29, 0.717) is 10.1 Å². The summed E-state index contributed by atoms with van der Waals surface area (Å²) in [6.07, 6.45) is -11.6. The minimum Gasteiger partial charge on any atom is -0.387 e. The average molecular weight is 902 g/mol. The Kier molecular flexibility index (Phi) is 13.1. The fraction of sp³-hybridized carbons (Fsp3) is 0.407. The lowest BCUT2D eigenvalue weighted by molar-refractivity contribution is -0.131. The van der Waals surface area contributed by atoms with E-state index in [1.54, 1.807) is 30.3 Å². The van der Waals surface area contributed by atoms with Crippen LogP contribution in [-0.4, -0.2) is 105 Å². The van der Waals surface area contributed by atoms with Gasteiger partial charge in [0, 0.05) is 30.1 Å². The number of phosphoric acid groups is 4. The van der Waals surface area contributed by atoms with Crippen LogP contribution in [0.15, 0.2) is 74.0 Å². The summed E-state index contributed by atoms with van der Waals surface area (Å²) in [5.41, 5.74) is -2.99. The van der Waals surface area contributed by atoms with Crippen molar-refractivity contribution in [2.45, 2.75) is 55.4 Å². The molecule has 0 radical (unpaired) electrons. The van der Waals surface area contributed by atoms with Crippen LogP contribution in [0.3, 0.4) is 0 Å². The van der Waals surface area contributed by atoms with Crippen LogP contribution < -0.4 is 22.5 Å². The van der Waals surface area contributed by atoms with E-state index in [0.717, 1.165) is 29.1 Å². The van der Waals surface area contributed by atoms with Crippen molar-refractivity contribution in [3.8, 4) is 11.8 Å². The molecule has 8 N–H and O–H groups in total. The molecular formula is C27H30N4O23P4. The standard InChI is InChI=1S/C27H30N4O23P4/c32-17-8-10-30(26(36)28-17)24-21(35)20(34)15(48-24)12-46-55(38,39)52-57(42,43)54-58(44,45)53-56(40,41)47-13-16-22-23(25(49-16)31-11-9-18(33)29-27(31)37)51-19(50-22)7-6-14-4-2-1-3-5-14/h1-5,8-11,15-16,19-25,34-35H,12-13H2,(H,38,39)(H,40,41)(H,42,43)(H,44,45)(H,28,32,36)(H,29,33,37)/t15-,16-,19?,20-,21-,22-,23-,24-,25-/m1/s1. The summed E-state index contributed by atoms with van der Waals surface area (Å²) in [7, 11) is -24.1. The number of nitrogens with one attached hydrogen (secondary N) is 2. The zero-order chi connectivity index (χ0) is 42.2. The van der Waals surface area contributed by atoms with Gasteiger partial charge in [-0.25, -0.2) is 27.8 Å². The van der Waals surface area contributed by atoms with Gasteiger partial charge in [0.15, 0.2) is 12.5 Å². The van der Waals surface area contributed by atoms with Crippen molar-refractivity contribution >= 4 is 31.3 Å². The van der Waals surface area contributed by atoms with Crippen LogP contribution in [0.1, 0.15) is 18.0 Å². The number of phosphoric ester groups is 2. The molecule has 1 aromatic carbocycles. The van der Waals surface area contributed by atoms with Crippen molar-refractivity contribution in [2.24, 2.45) is 0 Å². The van der Waals surface area contributed by atoms with Gasteiger partial charge in [0.25, 0.3) is 11.1 Å². The van der Waals surface area contributed by atoms with Crippen LogP contribution in [0, 0.1) is 11.8 Å². The van der Waals surface area contributed by atoms with Crippen molar-refractivity contribution in [3.63, 3.8) is 0 Å². The molecular weight excluding hydrogens is 872 g/mol. The quantitative estimate of drug-likeness (QED) is 0.0657. The maximum atomic E-state index is 12.7. The van der Waals surface area contributed by atoms with E-state index in [4.69, 9.17) is 23.5 Å². The molecule has 0 saturated carbocycles. The minimum absolute atomic E-state index is 0.579. The Balaban J connectivity index is 1.05. The lowest BCUT2D eigenvalue weighted by Crippen LogP contribution is -2.37. The second-order valence-electron chi connectivity index (χ2n) is 12.0. The summed E-state index contributed by atoms with van der Waals surface area (Å²) in [4.78, 5) is 91.5. The minimum atomic E-state index is -6.25. The summed E-state index contributed by atoms with van der Waals surface area (Å²) in [6, 6.07) is 10.5. The Hall–Kier alpha value is -3.54. The first-order chi connectivity index (χ1) is 27.1. The highest BCUT2D eigenvalue weighted by Crippen LogP contribution is 2.71. The first-order valence-corrected chi connectivity index (χ1v) is 22.0. The lowest BCUT2D eigenvalue weighted by Gasteiger charge is -2.22. The third-order valence-electron chi connectivity index (χ3n) is 7.97. The predicted octanol–water partition coefficient (Wildman–Crippen LogP) is -1.75. The van der Waals surface area contributed by atoms with Crippen LogP contribution in [0.5, 0.6) is 0 Å². The fourth-order valence-electron chi connectivity index (χ4n) is 5.58. The van der Waals surface area contributed by atoms with Crippen LogP contribution in [0.4, 0.5) is 0 Å². The Labute approximate surface area is 321 Å². The van der Waals surface area contributed by atoms with E-state index < -0.39 is 122 Å². The summed E-state index contributed by atoms with van der Waals surface area (Å²) < 4.78 is 95.1. The monoisotopic (exact) mass is 902 g/mol. The molecule has 13 atom stereocenters. The average Bonchev–Trinajstić information content (AvgIpc) is 3.76. The van der Waals surface area contributed by atoms with Crippen molar-refractivity contribution in [1.29, 1.82) is 0 Å². The summed E-state index contributed by atoms with van der Waals surface area (Å²) >= 11 is 0. The molecule has 6 rings (SSSR count). The molecule has 5 unspecified atom stereocenters. The van der Waals surface area contributed by atoms with Crippen molar-refractivity contribution in [2.75, 3.05) is 13.2 Å². The van der Waals surface area contributed by atoms with E-state index in [1.807, 2.05) is 9.97 Å². The first-order valence-electron chi connectivity index (χ1n) is 16.0. The molecule has 3 aliphatic rings. The van der Waals surface area contributed by atoms with Crippen molar-refractivity contribution in [3.05, 3.63) is 102 Å². The predicted molar refractivity (Wildman–Crippen MR) is 184 cm³/mol. The largest absolute Gasteiger partial charge is 0.490 e. The molecule has 58 heavy (non-hydrogen) atoms. The second kappa shape index (κ2) is 17.2. The van der Waals surface area contributed by atoms with Gasteiger partial charge in [-0.2, -0.15) is 12.9 Å². The van der Waals surface area contributed by atoms with Gasteiger partial charge in [0.1, 0.15) is 36.6 Å². The molecule has 3 aromatic rings. The number of fused-ring (bicyclic) bond motifs is 1. The van der Waals surface area contributed by atoms with E-state index in [-0.39, 0.29) is 0 Å². The van der Waals surface area contributed by atoms with E-state index in [1.165, 1.54) is 0 Å². The zero-order valence-electron chi connectivity index (χ0n) is 28.6. The first kappa shape index (κ1) is 44.0. The number of aliphatic hydroxyl groups excluding tert-OH is 2. The third-order valence-corrected chi connectivity index (χ3v) is 13.9. The van der Waals surface area contributed by atoms with Gasteiger partial charge in [0.2, 0.25) is 6.29 Å². The number of benzene rings is 1. The van der Waals surface area contributed by atoms with E-state index >= 15 is 0 Å². The van der Waals surface area contributed by atoms with E-state index in [2.05, 4.69) is 29.3 Å². The van der Waals surface area contributed by atoms with E-state index in [9.17, 15) is 67.2 Å². The van der Waals surface area contributed by atoms with Gasteiger partial charge >= 0.3 is 42.7 Å². The second-order valence-corrected chi connectivity index (χ2v) is 18.3. The van der Waals surface area contributed by atoms with Gasteiger partial charge in [0.05, 0.1) is 13.2 Å². The zero-order valence-corrected chi connectivity index (χ0v) is 32.2. The molecule has 27 nitrogen and oxygen atoms in total. The highest BCUT2D eigenvalue weighted by atomic mass is 31.3. The number of hydrogen-bond donors (Lipinski definition) is 8. The van der Waals surface area contributed by atoms with Gasteiger partial charge in [-0.1, -0.05) is 24.1 Å². The Bertz CT molecular complexity index is 2500. The van der Waals surface area contributed by atoms with Crippen LogP contribution in [0.25, 0.3) is 0 Å². The topological polar surface area (TPSA) is 382 Å². The normalized spacial score (nSPS) is 30.9. The highest BCUT2D eigenvalue weighted by Gasteiger charge is 2.55. The molecule has 0 spiro atoms. The number of aromatic amines is 2. The summed E-state index contributed by atoms with van der Waals surface area (Å²) in [5.74, 6) is 5.52. The molecule has 0 aliphatic carbocycles. The molecule has 0 bridgehead atoms. The Morgan fingerprint density at radius 3 is 1.66 bits per heavy atom. The van der Waals surface area contributed by atoms with Gasteiger partial charge in [-0.15, -0.1) is 0 Å². The Morgan fingerprint density at radius 2 is 1.10 bits per heavy atom. The van der Waals surface area contributed by atoms with Crippen molar-refractivity contribution in [1.82, 2.24) is 19.1 Å². The summed E-state index contributed by atoms with van der Waals surface area (Å²) in [5, 5.41) is 20.5. The number of rotatable bonds is 14. The van der Waals surface area contributed by atoms with Crippen molar-refractivity contribution < 1.29 is 89.0 Å². The fourth-order valence-corrected chi connectivity index (χ4v) is 10.5. The van der Waals surface area contributed by atoms with Crippen LogP contribution >= 0.6 is 31.3 Å². The molecule has 3 aliphatic heterocycles. The molecule has 3 saturated heterocycles. The number of nitrogens with zero attached hydrogens (tertiary/aromatic N) is 2.